The summed E-state index contributed by atoms with van der Waals surface area (Å²) in [4.78, 5) is 11.0. The number of furan rings is 2. The van der Waals surface area contributed by atoms with Gasteiger partial charge in [0.05, 0.1) is 22.9 Å². The van der Waals surface area contributed by atoms with Crippen LogP contribution in [0.3, 0.4) is 0 Å². The molecule has 0 saturated carbocycles. The summed E-state index contributed by atoms with van der Waals surface area (Å²) in [6.07, 6.45) is 1.95. The van der Waals surface area contributed by atoms with Crippen molar-refractivity contribution in [1.82, 2.24) is 9.97 Å². The molecule has 0 bridgehead atoms. The van der Waals surface area contributed by atoms with Gasteiger partial charge in [-0.05, 0) is 150 Å². The number of rotatable bonds is 5. The van der Waals surface area contributed by atoms with Crippen molar-refractivity contribution in [3.8, 4) is 55.8 Å². The lowest BCUT2D eigenvalue weighted by atomic mass is 9.88. The first-order chi connectivity index (χ1) is 33.1. The molecule has 324 valence electrons. The molecule has 13 rings (SSSR count). The Morgan fingerprint density at radius 2 is 0.779 bits per heavy atom. The zero-order chi connectivity index (χ0) is 45.9. The van der Waals surface area contributed by atoms with Crippen LogP contribution in [0.15, 0.2) is 179 Å². The second-order valence-electron chi connectivity index (χ2n) is 18.9. The number of nitrogens with zero attached hydrogens (tertiary/aromatic N) is 2. The molecule has 0 N–H and O–H groups in total. The molecule has 0 aliphatic heterocycles. The molecule has 0 amide bonds. The predicted molar refractivity (Wildman–Crippen MR) is 285 cm³/mol. The number of benzene rings is 10. The van der Waals surface area contributed by atoms with Gasteiger partial charge in [-0.3, -0.25) is 4.98 Å². The van der Waals surface area contributed by atoms with Crippen molar-refractivity contribution in [3.05, 3.63) is 203 Å². The van der Waals surface area contributed by atoms with Crippen LogP contribution in [-0.4, -0.2) is 9.97 Å². The molecule has 3 heterocycles. The Morgan fingerprint density at radius 1 is 0.338 bits per heavy atom. The van der Waals surface area contributed by atoms with Gasteiger partial charge in [0.1, 0.15) is 22.3 Å². The topological polar surface area (TPSA) is 52.1 Å². The lowest BCUT2D eigenvalue weighted by Crippen LogP contribution is -1.96. The maximum absolute atomic E-state index is 6.66. The lowest BCUT2D eigenvalue weighted by molar-refractivity contribution is 0.670. The molecule has 0 unspecified atom stereocenters. The summed E-state index contributed by atoms with van der Waals surface area (Å²) >= 11 is 0. The van der Waals surface area contributed by atoms with E-state index in [1.54, 1.807) is 0 Å². The molecule has 3 aromatic heterocycles. The van der Waals surface area contributed by atoms with Crippen molar-refractivity contribution in [2.24, 2.45) is 0 Å². The van der Waals surface area contributed by atoms with E-state index in [2.05, 4.69) is 181 Å². The van der Waals surface area contributed by atoms with Crippen LogP contribution in [0.2, 0.25) is 0 Å². The van der Waals surface area contributed by atoms with Crippen molar-refractivity contribution in [3.63, 3.8) is 0 Å². The van der Waals surface area contributed by atoms with E-state index >= 15 is 0 Å². The van der Waals surface area contributed by atoms with Gasteiger partial charge in [0.15, 0.2) is 0 Å². The van der Waals surface area contributed by atoms with E-state index < -0.39 is 0 Å². The highest BCUT2D eigenvalue weighted by molar-refractivity contribution is 6.24. The van der Waals surface area contributed by atoms with Crippen LogP contribution in [-0.2, 0) is 0 Å². The second kappa shape index (κ2) is 15.1. The highest BCUT2D eigenvalue weighted by Gasteiger charge is 2.21. The van der Waals surface area contributed by atoms with Crippen LogP contribution in [0.5, 0.6) is 0 Å². The van der Waals surface area contributed by atoms with Gasteiger partial charge in [0, 0.05) is 49.0 Å². The number of fused-ring (bicyclic) bond motifs is 12. The van der Waals surface area contributed by atoms with Gasteiger partial charge in [-0.25, -0.2) is 4.98 Å². The fourth-order valence-electron chi connectivity index (χ4n) is 11.5. The van der Waals surface area contributed by atoms with E-state index in [-0.39, 0.29) is 0 Å². The fraction of sp³-hybridized carbons (Fsp3) is 0.0938. The minimum Gasteiger partial charge on any atom is -0.455 e. The molecule has 4 heteroatoms. The molecule has 0 aliphatic rings. The first kappa shape index (κ1) is 40.0. The Labute approximate surface area is 394 Å². The molecule has 0 atom stereocenters. The maximum atomic E-state index is 6.66. The minimum absolute atomic E-state index is 0.784. The van der Waals surface area contributed by atoms with Crippen molar-refractivity contribution < 1.29 is 8.83 Å². The highest BCUT2D eigenvalue weighted by Crippen LogP contribution is 2.44. The number of para-hydroxylation sites is 4. The van der Waals surface area contributed by atoms with Crippen molar-refractivity contribution in [1.29, 1.82) is 0 Å². The normalized spacial score (nSPS) is 12.0. The molecule has 0 saturated heterocycles. The number of aryl methyl sites for hydroxylation is 6. The van der Waals surface area contributed by atoms with Gasteiger partial charge in [-0.15, -0.1) is 0 Å². The second-order valence-corrected chi connectivity index (χ2v) is 18.9. The van der Waals surface area contributed by atoms with Crippen molar-refractivity contribution >= 4 is 76.5 Å². The Morgan fingerprint density at radius 3 is 1.28 bits per heavy atom. The molecule has 0 spiro atoms. The Hall–Kier alpha value is -8.34. The van der Waals surface area contributed by atoms with E-state index in [1.165, 1.54) is 55.6 Å². The third kappa shape index (κ3) is 6.21. The first-order valence-corrected chi connectivity index (χ1v) is 23.4. The zero-order valence-corrected chi connectivity index (χ0v) is 38.9. The van der Waals surface area contributed by atoms with E-state index in [1.807, 2.05) is 30.5 Å². The van der Waals surface area contributed by atoms with E-state index in [9.17, 15) is 0 Å². The summed E-state index contributed by atoms with van der Waals surface area (Å²) in [5.74, 6) is 0. The molecule has 0 fully saturated rings. The van der Waals surface area contributed by atoms with Crippen LogP contribution in [0, 0.1) is 41.5 Å². The molecule has 10 aromatic carbocycles. The van der Waals surface area contributed by atoms with E-state index in [0.717, 1.165) is 110 Å². The van der Waals surface area contributed by atoms with Gasteiger partial charge in [0.25, 0.3) is 0 Å². The highest BCUT2D eigenvalue weighted by atomic mass is 16.3. The summed E-state index contributed by atoms with van der Waals surface area (Å²) in [6, 6.07) is 59.1. The molecule has 4 nitrogen and oxygen atoms in total. The van der Waals surface area contributed by atoms with Gasteiger partial charge < -0.3 is 8.83 Å². The Balaban J connectivity index is 1.08. The number of hydrogen-bond donors (Lipinski definition) is 0. The molecule has 0 radical (unpaired) electrons. The lowest BCUT2D eigenvalue weighted by Gasteiger charge is -2.17. The number of aromatic nitrogens is 2. The monoisotopic (exact) mass is 874 g/mol. The molecule has 0 aliphatic carbocycles. The fourth-order valence-corrected chi connectivity index (χ4v) is 11.5. The van der Waals surface area contributed by atoms with Crippen LogP contribution >= 0.6 is 0 Å². The smallest absolute Gasteiger partial charge is 0.143 e. The van der Waals surface area contributed by atoms with Gasteiger partial charge in [0.2, 0.25) is 0 Å². The summed E-state index contributed by atoms with van der Waals surface area (Å²) in [5, 5.41) is 8.83. The van der Waals surface area contributed by atoms with E-state index in [0.29, 0.717) is 0 Å². The quantitative estimate of drug-likeness (QED) is 0.162. The first-order valence-electron chi connectivity index (χ1n) is 23.4. The molecule has 68 heavy (non-hydrogen) atoms. The molecule has 13 aromatic rings. The van der Waals surface area contributed by atoms with Crippen LogP contribution in [0.25, 0.3) is 132 Å². The molecular formula is C64H46N2O2. The predicted octanol–water partition coefficient (Wildman–Crippen LogP) is 17.9. The Kier molecular flexibility index (Phi) is 8.88. The standard InChI is InChI=1S/C64H46N2O2/c1-35-25-37(3)59(38(4)26-35)41-21-23-50-54(32-41)55-33-42(60-39(5)27-36(2)28-40(60)6)22-24-51(55)62-61(50)65-34-56(66-62)45-30-43(46-15-11-17-52-48-13-7-9-19-57(48)67-63(46)52)29-44(31-45)47-16-12-18-53-49-14-8-10-20-58(49)68-64(47)53/h7-34H,1-6H3. The summed E-state index contributed by atoms with van der Waals surface area (Å²) < 4.78 is 13.3. The van der Waals surface area contributed by atoms with Gasteiger partial charge >= 0.3 is 0 Å². The van der Waals surface area contributed by atoms with Crippen LogP contribution in [0.1, 0.15) is 33.4 Å². The molecular weight excluding hydrogens is 829 g/mol. The van der Waals surface area contributed by atoms with Crippen molar-refractivity contribution in [2.75, 3.05) is 0 Å². The van der Waals surface area contributed by atoms with E-state index in [4.69, 9.17) is 18.8 Å². The summed E-state index contributed by atoms with van der Waals surface area (Å²) in [5.41, 5.74) is 23.6. The summed E-state index contributed by atoms with van der Waals surface area (Å²) in [7, 11) is 0. The number of hydrogen-bond acceptors (Lipinski definition) is 4. The largest absolute Gasteiger partial charge is 0.455 e. The minimum atomic E-state index is 0.784. The SMILES string of the molecule is Cc1cc(C)c(-c2ccc3c(c2)c2cc(-c4c(C)cc(C)cc4C)ccc2c2nc(-c4cc(-c5cccc6c5oc5ccccc56)cc(-c5cccc6c5oc5ccccc56)c4)cnc32)c(C)c1. The van der Waals surface area contributed by atoms with Crippen LogP contribution in [0.4, 0.5) is 0 Å². The average molecular weight is 875 g/mol. The third-order valence-electron chi connectivity index (χ3n) is 14.2. The third-order valence-corrected chi connectivity index (χ3v) is 14.2. The van der Waals surface area contributed by atoms with Crippen LogP contribution < -0.4 is 0 Å². The zero-order valence-electron chi connectivity index (χ0n) is 38.9. The van der Waals surface area contributed by atoms with Gasteiger partial charge in [-0.2, -0.15) is 0 Å². The maximum Gasteiger partial charge on any atom is 0.143 e. The van der Waals surface area contributed by atoms with Crippen molar-refractivity contribution in [2.45, 2.75) is 41.5 Å². The summed E-state index contributed by atoms with van der Waals surface area (Å²) in [6.45, 7) is 13.2. The van der Waals surface area contributed by atoms with Gasteiger partial charge in [-0.1, -0.05) is 132 Å². The Bertz CT molecular complexity index is 4100. The average Bonchev–Trinajstić information content (AvgIpc) is 3.92.